The SMILES string of the molecule is CCC1CCC(C(=O)O)(C(=O)OC(C)(C)C)CC1. The number of aliphatic carboxylic acids is 1. The predicted molar refractivity (Wildman–Crippen MR) is 68.2 cm³/mol. The second kappa shape index (κ2) is 5.29. The van der Waals surface area contributed by atoms with Crippen LogP contribution in [-0.4, -0.2) is 22.6 Å². The van der Waals surface area contributed by atoms with Gasteiger partial charge in [0.1, 0.15) is 5.60 Å². The fourth-order valence-electron chi connectivity index (χ4n) is 2.46. The molecule has 0 unspecified atom stereocenters. The normalized spacial score (nSPS) is 28.8. The van der Waals surface area contributed by atoms with Gasteiger partial charge in [0.05, 0.1) is 0 Å². The van der Waals surface area contributed by atoms with Crippen LogP contribution in [0.15, 0.2) is 0 Å². The summed E-state index contributed by atoms with van der Waals surface area (Å²) in [6.07, 6.45) is 3.43. The molecule has 1 aliphatic rings. The maximum absolute atomic E-state index is 12.2. The number of hydrogen-bond donors (Lipinski definition) is 1. The van der Waals surface area contributed by atoms with Crippen molar-refractivity contribution >= 4 is 11.9 Å². The van der Waals surface area contributed by atoms with E-state index in [0.717, 1.165) is 19.3 Å². The van der Waals surface area contributed by atoms with Crippen molar-refractivity contribution in [2.45, 2.75) is 65.4 Å². The molecule has 1 rings (SSSR count). The first-order valence-corrected chi connectivity index (χ1v) is 6.68. The van der Waals surface area contributed by atoms with Gasteiger partial charge in [0.25, 0.3) is 0 Å². The largest absolute Gasteiger partial charge is 0.480 e. The minimum Gasteiger partial charge on any atom is -0.480 e. The van der Waals surface area contributed by atoms with Crippen LogP contribution < -0.4 is 0 Å². The smallest absolute Gasteiger partial charge is 0.323 e. The van der Waals surface area contributed by atoms with Crippen molar-refractivity contribution in [1.29, 1.82) is 0 Å². The number of carbonyl (C=O) groups excluding carboxylic acids is 1. The van der Waals surface area contributed by atoms with Crippen molar-refractivity contribution in [3.63, 3.8) is 0 Å². The Balaban J connectivity index is 2.83. The number of carboxylic acids is 1. The molecule has 0 radical (unpaired) electrons. The van der Waals surface area contributed by atoms with Crippen LogP contribution in [0.1, 0.15) is 59.8 Å². The summed E-state index contributed by atoms with van der Waals surface area (Å²) in [5.41, 5.74) is -1.96. The number of carboxylic acid groups (broad SMARTS) is 1. The van der Waals surface area contributed by atoms with Gasteiger partial charge in [-0.1, -0.05) is 13.3 Å². The average Bonchev–Trinajstić information content (AvgIpc) is 2.26. The lowest BCUT2D eigenvalue weighted by Crippen LogP contribution is -2.46. The van der Waals surface area contributed by atoms with Crippen molar-refractivity contribution in [2.75, 3.05) is 0 Å². The maximum atomic E-state index is 12.2. The van der Waals surface area contributed by atoms with Gasteiger partial charge >= 0.3 is 11.9 Å². The first-order chi connectivity index (χ1) is 8.21. The van der Waals surface area contributed by atoms with Crippen LogP contribution in [0.25, 0.3) is 0 Å². The van der Waals surface area contributed by atoms with Crippen molar-refractivity contribution in [1.82, 2.24) is 0 Å². The van der Waals surface area contributed by atoms with Crippen LogP contribution in [0.3, 0.4) is 0 Å². The van der Waals surface area contributed by atoms with E-state index in [2.05, 4.69) is 6.92 Å². The Kier molecular flexibility index (Phi) is 4.41. The van der Waals surface area contributed by atoms with Crippen molar-refractivity contribution in [3.8, 4) is 0 Å². The van der Waals surface area contributed by atoms with Crippen LogP contribution in [0, 0.1) is 11.3 Å². The van der Waals surface area contributed by atoms with Gasteiger partial charge in [-0.25, -0.2) is 0 Å². The van der Waals surface area contributed by atoms with Gasteiger partial charge in [0, 0.05) is 0 Å². The van der Waals surface area contributed by atoms with E-state index in [4.69, 9.17) is 4.74 Å². The molecule has 4 nitrogen and oxygen atoms in total. The summed E-state index contributed by atoms with van der Waals surface area (Å²) in [5.74, 6) is -1.07. The molecular formula is C14H24O4. The lowest BCUT2D eigenvalue weighted by molar-refractivity contribution is -0.180. The molecule has 1 aliphatic carbocycles. The van der Waals surface area contributed by atoms with Gasteiger partial charge in [-0.3, -0.25) is 9.59 Å². The standard InChI is InChI=1S/C14H24O4/c1-5-10-6-8-14(9-7-10,11(15)16)12(17)18-13(2,3)4/h10H,5-9H2,1-4H3,(H,15,16). The molecule has 18 heavy (non-hydrogen) atoms. The van der Waals surface area contributed by atoms with Gasteiger partial charge in [-0.05, 0) is 52.4 Å². The highest BCUT2D eigenvalue weighted by Crippen LogP contribution is 2.42. The van der Waals surface area contributed by atoms with Crippen LogP contribution in [0.4, 0.5) is 0 Å². The molecular weight excluding hydrogens is 232 g/mol. The monoisotopic (exact) mass is 256 g/mol. The van der Waals surface area contributed by atoms with Gasteiger partial charge in [-0.15, -0.1) is 0 Å². The quantitative estimate of drug-likeness (QED) is 0.622. The average molecular weight is 256 g/mol. The lowest BCUT2D eigenvalue weighted by Gasteiger charge is -2.36. The third-order valence-electron chi connectivity index (χ3n) is 3.74. The fraction of sp³-hybridized carbons (Fsp3) is 0.857. The first-order valence-electron chi connectivity index (χ1n) is 6.68. The van der Waals surface area contributed by atoms with Crippen molar-refractivity contribution < 1.29 is 19.4 Å². The second-order valence-electron chi connectivity index (χ2n) is 6.24. The lowest BCUT2D eigenvalue weighted by atomic mass is 9.70. The third kappa shape index (κ3) is 3.24. The molecule has 104 valence electrons. The molecule has 0 heterocycles. The van der Waals surface area contributed by atoms with Crippen molar-refractivity contribution in [3.05, 3.63) is 0 Å². The fourth-order valence-corrected chi connectivity index (χ4v) is 2.46. The first kappa shape index (κ1) is 15.0. The summed E-state index contributed by atoms with van der Waals surface area (Å²) in [4.78, 5) is 23.7. The van der Waals surface area contributed by atoms with Crippen LogP contribution in [-0.2, 0) is 14.3 Å². The number of carbonyl (C=O) groups is 2. The van der Waals surface area contributed by atoms with E-state index in [1.54, 1.807) is 20.8 Å². The summed E-state index contributed by atoms with van der Waals surface area (Å²) in [6, 6.07) is 0. The molecule has 1 saturated carbocycles. The summed E-state index contributed by atoms with van der Waals surface area (Å²) < 4.78 is 5.29. The maximum Gasteiger partial charge on any atom is 0.323 e. The molecule has 0 bridgehead atoms. The minimum absolute atomic E-state index is 0.399. The molecule has 1 N–H and O–H groups in total. The molecule has 4 heteroatoms. The highest BCUT2D eigenvalue weighted by atomic mass is 16.6. The molecule has 0 spiro atoms. The van der Waals surface area contributed by atoms with Crippen LogP contribution >= 0.6 is 0 Å². The highest BCUT2D eigenvalue weighted by molar-refractivity contribution is 5.99. The predicted octanol–water partition coefficient (Wildman–Crippen LogP) is 3.00. The van der Waals surface area contributed by atoms with E-state index in [0.29, 0.717) is 18.8 Å². The zero-order valence-corrected chi connectivity index (χ0v) is 11.8. The van der Waals surface area contributed by atoms with Crippen molar-refractivity contribution in [2.24, 2.45) is 11.3 Å². The summed E-state index contributed by atoms with van der Waals surface area (Å²) in [5, 5.41) is 9.41. The van der Waals surface area contributed by atoms with E-state index in [1.165, 1.54) is 0 Å². The van der Waals surface area contributed by atoms with Crippen LogP contribution in [0.5, 0.6) is 0 Å². The minimum atomic E-state index is -1.32. The molecule has 0 atom stereocenters. The second-order valence-corrected chi connectivity index (χ2v) is 6.24. The Labute approximate surface area is 109 Å². The molecule has 0 aliphatic heterocycles. The zero-order chi connectivity index (χ0) is 14.0. The van der Waals surface area contributed by atoms with Gasteiger partial charge in [0.2, 0.25) is 0 Å². The van der Waals surface area contributed by atoms with E-state index < -0.39 is 23.0 Å². The van der Waals surface area contributed by atoms with Gasteiger partial charge in [-0.2, -0.15) is 0 Å². The molecule has 0 aromatic heterocycles. The molecule has 0 saturated heterocycles. The highest BCUT2D eigenvalue weighted by Gasteiger charge is 2.50. The number of ether oxygens (including phenoxy) is 1. The summed E-state index contributed by atoms with van der Waals surface area (Å²) in [7, 11) is 0. The third-order valence-corrected chi connectivity index (χ3v) is 3.74. The Morgan fingerprint density at radius 2 is 1.78 bits per heavy atom. The number of esters is 1. The Bertz CT molecular complexity index is 319. The summed E-state index contributed by atoms with van der Waals surface area (Å²) >= 11 is 0. The Morgan fingerprint density at radius 3 is 2.11 bits per heavy atom. The molecule has 0 amide bonds. The zero-order valence-electron chi connectivity index (χ0n) is 11.8. The molecule has 0 aromatic carbocycles. The van der Waals surface area contributed by atoms with Crippen LogP contribution in [0.2, 0.25) is 0 Å². The van der Waals surface area contributed by atoms with E-state index >= 15 is 0 Å². The van der Waals surface area contributed by atoms with E-state index in [-0.39, 0.29) is 0 Å². The molecule has 1 fully saturated rings. The number of rotatable bonds is 3. The van der Waals surface area contributed by atoms with E-state index in [9.17, 15) is 14.7 Å². The topological polar surface area (TPSA) is 63.6 Å². The number of hydrogen-bond acceptors (Lipinski definition) is 3. The molecule has 0 aromatic rings. The van der Waals surface area contributed by atoms with Gasteiger partial charge in [0.15, 0.2) is 5.41 Å². The van der Waals surface area contributed by atoms with E-state index in [1.807, 2.05) is 0 Å². The Morgan fingerprint density at radius 1 is 1.28 bits per heavy atom. The van der Waals surface area contributed by atoms with Gasteiger partial charge < -0.3 is 9.84 Å². The Hall–Kier alpha value is -1.06. The summed E-state index contributed by atoms with van der Waals surface area (Å²) in [6.45, 7) is 7.39.